The minimum Gasteiger partial charge on any atom is -0.320 e. The minimum atomic E-state index is -0.312. The first-order valence-electron chi connectivity index (χ1n) is 5.85. The summed E-state index contributed by atoms with van der Waals surface area (Å²) in [4.78, 5) is 4.65. The maximum atomic E-state index is 6.20. The molecule has 2 nitrogen and oxygen atoms in total. The molecular weight excluding hydrogens is 228 g/mol. The van der Waals surface area contributed by atoms with Gasteiger partial charge in [-0.3, -0.25) is 0 Å². The van der Waals surface area contributed by atoms with Crippen molar-refractivity contribution in [2.24, 2.45) is 5.73 Å². The molecule has 0 saturated heterocycles. The van der Waals surface area contributed by atoms with E-state index in [-0.39, 0.29) is 5.54 Å². The Labute approximate surface area is 107 Å². The van der Waals surface area contributed by atoms with E-state index in [1.54, 1.807) is 11.3 Å². The summed E-state index contributed by atoms with van der Waals surface area (Å²) < 4.78 is 0. The molecule has 1 aromatic carbocycles. The van der Waals surface area contributed by atoms with E-state index in [1.807, 2.05) is 6.92 Å². The van der Waals surface area contributed by atoms with Gasteiger partial charge < -0.3 is 5.73 Å². The van der Waals surface area contributed by atoms with Crippen LogP contribution in [0.3, 0.4) is 0 Å². The molecule has 1 unspecified atom stereocenters. The van der Waals surface area contributed by atoms with Crippen molar-refractivity contribution in [3.63, 3.8) is 0 Å². The van der Waals surface area contributed by atoms with Crippen molar-refractivity contribution in [1.82, 2.24) is 4.98 Å². The van der Waals surface area contributed by atoms with Gasteiger partial charge in [0.15, 0.2) is 0 Å². The van der Waals surface area contributed by atoms with Gasteiger partial charge in [-0.05, 0) is 20.3 Å². The molecule has 0 aliphatic carbocycles. The molecule has 0 bridgehead atoms. The van der Waals surface area contributed by atoms with Crippen LogP contribution in [0.25, 0.3) is 11.3 Å². The smallest absolute Gasteiger partial charge is 0.113 e. The second-order valence-electron chi connectivity index (χ2n) is 4.67. The van der Waals surface area contributed by atoms with Crippen molar-refractivity contribution in [2.45, 2.75) is 32.7 Å². The molecule has 0 saturated carbocycles. The molecule has 0 spiro atoms. The summed E-state index contributed by atoms with van der Waals surface area (Å²) in [5.74, 6) is 0. The van der Waals surface area contributed by atoms with Gasteiger partial charge in [0.25, 0.3) is 0 Å². The van der Waals surface area contributed by atoms with Crippen molar-refractivity contribution in [2.75, 3.05) is 0 Å². The van der Waals surface area contributed by atoms with Crippen molar-refractivity contribution in [3.8, 4) is 11.3 Å². The van der Waals surface area contributed by atoms with Crippen LogP contribution in [-0.2, 0) is 5.54 Å². The number of benzene rings is 1. The molecule has 1 heterocycles. The van der Waals surface area contributed by atoms with Crippen LogP contribution in [0.1, 0.15) is 30.8 Å². The maximum absolute atomic E-state index is 6.20. The summed E-state index contributed by atoms with van der Waals surface area (Å²) in [5.41, 5.74) is 9.33. The zero-order valence-corrected chi connectivity index (χ0v) is 11.3. The molecule has 90 valence electrons. The first kappa shape index (κ1) is 12.3. The van der Waals surface area contributed by atoms with Crippen molar-refractivity contribution in [3.05, 3.63) is 40.2 Å². The highest BCUT2D eigenvalue weighted by atomic mass is 32.1. The Balaban J connectivity index is 2.33. The molecule has 0 radical (unpaired) electrons. The quantitative estimate of drug-likeness (QED) is 0.896. The number of rotatable bonds is 3. The Bertz CT molecular complexity index is 497. The van der Waals surface area contributed by atoms with Crippen LogP contribution < -0.4 is 5.73 Å². The zero-order chi connectivity index (χ0) is 12.5. The number of aromatic nitrogens is 1. The second kappa shape index (κ2) is 4.59. The molecule has 1 aromatic heterocycles. The highest BCUT2D eigenvalue weighted by Crippen LogP contribution is 2.29. The number of thiazole rings is 1. The van der Waals surface area contributed by atoms with E-state index in [0.29, 0.717) is 0 Å². The van der Waals surface area contributed by atoms with Crippen LogP contribution in [0.15, 0.2) is 29.6 Å². The number of nitrogens with zero attached hydrogens (tertiary/aromatic N) is 1. The summed E-state index contributed by atoms with van der Waals surface area (Å²) in [6, 6.07) is 8.42. The van der Waals surface area contributed by atoms with Gasteiger partial charge in [-0.1, -0.05) is 36.8 Å². The Morgan fingerprint density at radius 1 is 1.29 bits per heavy atom. The lowest BCUT2D eigenvalue weighted by Crippen LogP contribution is -2.31. The Morgan fingerprint density at radius 3 is 2.53 bits per heavy atom. The van der Waals surface area contributed by atoms with Crippen molar-refractivity contribution < 1.29 is 0 Å². The summed E-state index contributed by atoms with van der Waals surface area (Å²) in [6.45, 7) is 6.21. The molecule has 17 heavy (non-hydrogen) atoms. The topological polar surface area (TPSA) is 38.9 Å². The van der Waals surface area contributed by atoms with Gasteiger partial charge in [0.05, 0.1) is 11.2 Å². The Kier molecular flexibility index (Phi) is 3.31. The van der Waals surface area contributed by atoms with Crippen molar-refractivity contribution in [1.29, 1.82) is 0 Å². The molecule has 0 aliphatic heterocycles. The molecule has 0 amide bonds. The van der Waals surface area contributed by atoms with Gasteiger partial charge in [0, 0.05) is 10.9 Å². The fourth-order valence-corrected chi connectivity index (χ4v) is 2.52. The molecule has 1 atom stereocenters. The monoisotopic (exact) mass is 246 g/mol. The third-order valence-electron chi connectivity index (χ3n) is 3.07. The lowest BCUT2D eigenvalue weighted by molar-refractivity contribution is 0.474. The van der Waals surface area contributed by atoms with E-state index in [2.05, 4.69) is 48.5 Å². The average Bonchev–Trinajstić information content (AvgIpc) is 2.80. The number of aryl methyl sites for hydroxylation is 1. The molecule has 0 aliphatic rings. The fraction of sp³-hybridized carbons (Fsp3) is 0.357. The predicted octanol–water partition coefficient (Wildman–Crippen LogP) is 3.70. The average molecular weight is 246 g/mol. The second-order valence-corrected chi connectivity index (χ2v) is 5.53. The largest absolute Gasteiger partial charge is 0.320 e. The number of hydrogen-bond donors (Lipinski definition) is 1. The van der Waals surface area contributed by atoms with Gasteiger partial charge in [-0.2, -0.15) is 0 Å². The molecule has 0 fully saturated rings. The normalized spacial score (nSPS) is 14.6. The number of hydrogen-bond acceptors (Lipinski definition) is 3. The van der Waals surface area contributed by atoms with Crippen LogP contribution >= 0.6 is 11.3 Å². The summed E-state index contributed by atoms with van der Waals surface area (Å²) in [6.07, 6.45) is 0.897. The Hall–Kier alpha value is -1.19. The van der Waals surface area contributed by atoms with Crippen LogP contribution in [0.5, 0.6) is 0 Å². The van der Waals surface area contributed by atoms with Gasteiger partial charge in [0.2, 0.25) is 0 Å². The zero-order valence-electron chi connectivity index (χ0n) is 10.5. The van der Waals surface area contributed by atoms with Crippen LogP contribution in [-0.4, -0.2) is 4.98 Å². The van der Waals surface area contributed by atoms with E-state index in [4.69, 9.17) is 5.73 Å². The summed E-state index contributed by atoms with van der Waals surface area (Å²) in [7, 11) is 0. The number of nitrogens with two attached hydrogens (primary N) is 1. The van der Waals surface area contributed by atoms with E-state index in [9.17, 15) is 0 Å². The summed E-state index contributed by atoms with van der Waals surface area (Å²) in [5, 5.41) is 3.09. The first-order chi connectivity index (χ1) is 8.03. The van der Waals surface area contributed by atoms with Gasteiger partial charge in [-0.15, -0.1) is 11.3 Å². The third-order valence-corrected chi connectivity index (χ3v) is 4.20. The van der Waals surface area contributed by atoms with Crippen molar-refractivity contribution >= 4 is 11.3 Å². The Morgan fingerprint density at radius 2 is 1.94 bits per heavy atom. The van der Waals surface area contributed by atoms with E-state index >= 15 is 0 Å². The predicted molar refractivity (Wildman–Crippen MR) is 74.1 cm³/mol. The first-order valence-corrected chi connectivity index (χ1v) is 6.73. The van der Waals surface area contributed by atoms with Gasteiger partial charge >= 0.3 is 0 Å². The highest BCUT2D eigenvalue weighted by molar-refractivity contribution is 7.10. The van der Waals surface area contributed by atoms with Crippen LogP contribution in [0.2, 0.25) is 0 Å². The highest BCUT2D eigenvalue weighted by Gasteiger charge is 2.22. The van der Waals surface area contributed by atoms with Gasteiger partial charge in [-0.25, -0.2) is 4.98 Å². The molecule has 2 N–H and O–H groups in total. The lowest BCUT2D eigenvalue weighted by atomic mass is 10.0. The fourth-order valence-electron chi connectivity index (χ4n) is 1.54. The SMILES string of the molecule is CCC(C)(N)c1nc(-c2ccc(C)cc2)cs1. The standard InChI is InChI=1S/C14H18N2S/c1-4-14(3,15)13-16-12(9-17-13)11-7-5-10(2)6-8-11/h5-9H,4,15H2,1-3H3. The van der Waals surface area contributed by atoms with E-state index < -0.39 is 0 Å². The van der Waals surface area contributed by atoms with E-state index in [1.165, 1.54) is 5.56 Å². The lowest BCUT2D eigenvalue weighted by Gasteiger charge is -2.18. The molecular formula is C14H18N2S. The molecule has 2 aromatic rings. The maximum Gasteiger partial charge on any atom is 0.113 e. The molecule has 2 rings (SSSR count). The third kappa shape index (κ3) is 2.56. The van der Waals surface area contributed by atoms with Crippen LogP contribution in [0, 0.1) is 6.92 Å². The minimum absolute atomic E-state index is 0.312. The molecule has 3 heteroatoms. The summed E-state index contributed by atoms with van der Waals surface area (Å²) >= 11 is 1.64. The van der Waals surface area contributed by atoms with E-state index in [0.717, 1.165) is 22.7 Å². The van der Waals surface area contributed by atoms with Gasteiger partial charge in [0.1, 0.15) is 5.01 Å². The van der Waals surface area contributed by atoms with Crippen LogP contribution in [0.4, 0.5) is 0 Å².